The predicted molar refractivity (Wildman–Crippen MR) is 51.7 cm³/mol. The molecule has 0 aliphatic rings. The standard InChI is InChI=1S/C10H20NO/c1-3-5-7-8-10(12)11-9-6-4-2/h1,3-9H2,2H3,(H,11,12). The molecule has 1 radical (unpaired) electrons. The maximum Gasteiger partial charge on any atom is 0.219 e. The summed E-state index contributed by atoms with van der Waals surface area (Å²) in [5.74, 6) is 0.192. The maximum absolute atomic E-state index is 11.1. The second-order valence-electron chi connectivity index (χ2n) is 3.01. The van der Waals surface area contributed by atoms with Gasteiger partial charge in [0, 0.05) is 13.0 Å². The number of amides is 1. The van der Waals surface area contributed by atoms with Crippen molar-refractivity contribution in [2.75, 3.05) is 6.54 Å². The van der Waals surface area contributed by atoms with E-state index in [2.05, 4.69) is 19.2 Å². The first kappa shape index (κ1) is 11.5. The third-order valence-electron chi connectivity index (χ3n) is 1.76. The Hall–Kier alpha value is -0.530. The lowest BCUT2D eigenvalue weighted by atomic mass is 10.2. The Bertz CT molecular complexity index is 100. The van der Waals surface area contributed by atoms with Crippen molar-refractivity contribution in [1.29, 1.82) is 0 Å². The quantitative estimate of drug-likeness (QED) is 0.584. The first-order valence-corrected chi connectivity index (χ1v) is 4.87. The Labute approximate surface area is 75.7 Å². The molecule has 0 unspecified atom stereocenters. The highest BCUT2D eigenvalue weighted by Crippen LogP contribution is 1.97. The van der Waals surface area contributed by atoms with Crippen molar-refractivity contribution in [2.24, 2.45) is 0 Å². The highest BCUT2D eigenvalue weighted by atomic mass is 16.1. The fourth-order valence-corrected chi connectivity index (χ4v) is 0.955. The van der Waals surface area contributed by atoms with Crippen LogP contribution in [0.3, 0.4) is 0 Å². The lowest BCUT2D eigenvalue weighted by molar-refractivity contribution is -0.121. The van der Waals surface area contributed by atoms with Crippen molar-refractivity contribution in [2.45, 2.75) is 45.4 Å². The van der Waals surface area contributed by atoms with Crippen molar-refractivity contribution in [3.63, 3.8) is 0 Å². The van der Waals surface area contributed by atoms with Gasteiger partial charge in [-0.05, 0) is 12.8 Å². The fraction of sp³-hybridized carbons (Fsp3) is 0.800. The van der Waals surface area contributed by atoms with E-state index in [1.807, 2.05) is 0 Å². The van der Waals surface area contributed by atoms with E-state index in [-0.39, 0.29) is 5.91 Å². The second kappa shape index (κ2) is 8.57. The van der Waals surface area contributed by atoms with Gasteiger partial charge in [0.05, 0.1) is 0 Å². The van der Waals surface area contributed by atoms with Gasteiger partial charge in [-0.1, -0.05) is 33.1 Å². The molecule has 0 aromatic rings. The largest absolute Gasteiger partial charge is 0.356 e. The molecule has 0 aromatic carbocycles. The molecule has 0 rings (SSSR count). The van der Waals surface area contributed by atoms with Crippen LogP contribution >= 0.6 is 0 Å². The molecule has 0 aliphatic heterocycles. The van der Waals surface area contributed by atoms with E-state index < -0.39 is 0 Å². The van der Waals surface area contributed by atoms with E-state index in [4.69, 9.17) is 0 Å². The normalized spacial score (nSPS) is 9.83. The SMILES string of the molecule is [CH2]CCCCC(=O)NCCCC. The van der Waals surface area contributed by atoms with E-state index in [1.54, 1.807) is 0 Å². The van der Waals surface area contributed by atoms with Crippen molar-refractivity contribution >= 4 is 5.91 Å². The minimum Gasteiger partial charge on any atom is -0.356 e. The second-order valence-corrected chi connectivity index (χ2v) is 3.01. The predicted octanol–water partition coefficient (Wildman–Crippen LogP) is 2.30. The van der Waals surface area contributed by atoms with Crippen LogP contribution < -0.4 is 5.32 Å². The van der Waals surface area contributed by atoms with Gasteiger partial charge in [-0.15, -0.1) is 0 Å². The van der Waals surface area contributed by atoms with E-state index in [0.717, 1.165) is 38.6 Å². The van der Waals surface area contributed by atoms with Gasteiger partial charge < -0.3 is 5.32 Å². The molecule has 0 spiro atoms. The molecule has 71 valence electrons. The minimum atomic E-state index is 0.192. The zero-order chi connectivity index (χ0) is 9.23. The van der Waals surface area contributed by atoms with E-state index in [1.165, 1.54) is 0 Å². The highest BCUT2D eigenvalue weighted by molar-refractivity contribution is 5.75. The third-order valence-corrected chi connectivity index (χ3v) is 1.76. The molecular formula is C10H20NO. The van der Waals surface area contributed by atoms with E-state index >= 15 is 0 Å². The van der Waals surface area contributed by atoms with Crippen molar-refractivity contribution in [3.8, 4) is 0 Å². The lowest BCUT2D eigenvalue weighted by Crippen LogP contribution is -2.23. The summed E-state index contributed by atoms with van der Waals surface area (Å²) in [6.07, 6.45) is 5.85. The van der Waals surface area contributed by atoms with Crippen LogP contribution in [0.1, 0.15) is 45.4 Å². The first-order valence-electron chi connectivity index (χ1n) is 4.87. The van der Waals surface area contributed by atoms with E-state index in [9.17, 15) is 4.79 Å². The van der Waals surface area contributed by atoms with Crippen molar-refractivity contribution in [3.05, 3.63) is 6.92 Å². The number of hydrogen-bond acceptors (Lipinski definition) is 1. The summed E-state index contributed by atoms with van der Waals surface area (Å²) in [5, 5.41) is 2.88. The van der Waals surface area contributed by atoms with Crippen LogP contribution in [0.4, 0.5) is 0 Å². The van der Waals surface area contributed by atoms with Crippen LogP contribution in [0, 0.1) is 6.92 Å². The van der Waals surface area contributed by atoms with Crippen LogP contribution in [0.25, 0.3) is 0 Å². The summed E-state index contributed by atoms with van der Waals surface area (Å²) < 4.78 is 0. The first-order chi connectivity index (χ1) is 5.81. The van der Waals surface area contributed by atoms with Gasteiger partial charge in [0.25, 0.3) is 0 Å². The van der Waals surface area contributed by atoms with Gasteiger partial charge in [-0.3, -0.25) is 4.79 Å². The summed E-state index contributed by atoms with van der Waals surface area (Å²) in [6.45, 7) is 6.68. The summed E-state index contributed by atoms with van der Waals surface area (Å²) in [7, 11) is 0. The number of nitrogens with one attached hydrogen (secondary N) is 1. The molecule has 0 bridgehead atoms. The molecule has 2 nitrogen and oxygen atoms in total. The zero-order valence-electron chi connectivity index (χ0n) is 8.07. The zero-order valence-corrected chi connectivity index (χ0v) is 8.07. The lowest BCUT2D eigenvalue weighted by Gasteiger charge is -2.02. The molecule has 1 amide bonds. The summed E-state index contributed by atoms with van der Waals surface area (Å²) in [5.41, 5.74) is 0. The molecular weight excluding hydrogens is 150 g/mol. The Morgan fingerprint density at radius 2 is 2.08 bits per heavy atom. The molecule has 12 heavy (non-hydrogen) atoms. The molecule has 0 heterocycles. The molecule has 0 atom stereocenters. The van der Waals surface area contributed by atoms with Crippen LogP contribution in [0.15, 0.2) is 0 Å². The van der Waals surface area contributed by atoms with Gasteiger partial charge in [0.15, 0.2) is 0 Å². The van der Waals surface area contributed by atoms with Gasteiger partial charge in [0.2, 0.25) is 5.91 Å². The number of hydrogen-bond donors (Lipinski definition) is 1. The molecule has 0 saturated heterocycles. The number of rotatable bonds is 7. The van der Waals surface area contributed by atoms with Gasteiger partial charge >= 0.3 is 0 Å². The smallest absolute Gasteiger partial charge is 0.219 e. The minimum absolute atomic E-state index is 0.192. The average molecular weight is 170 g/mol. The Kier molecular flexibility index (Phi) is 8.19. The fourth-order valence-electron chi connectivity index (χ4n) is 0.955. The summed E-state index contributed by atoms with van der Waals surface area (Å²) in [6, 6.07) is 0. The van der Waals surface area contributed by atoms with Crippen LogP contribution in [-0.2, 0) is 4.79 Å². The van der Waals surface area contributed by atoms with Crippen LogP contribution in [0.2, 0.25) is 0 Å². The Morgan fingerprint density at radius 3 is 2.67 bits per heavy atom. The number of carbonyl (C=O) groups excluding carboxylic acids is 1. The van der Waals surface area contributed by atoms with Gasteiger partial charge in [0.1, 0.15) is 0 Å². The highest BCUT2D eigenvalue weighted by Gasteiger charge is 1.98. The number of carbonyl (C=O) groups is 1. The molecule has 0 aromatic heterocycles. The Morgan fingerprint density at radius 1 is 1.33 bits per heavy atom. The van der Waals surface area contributed by atoms with Gasteiger partial charge in [-0.2, -0.15) is 0 Å². The average Bonchev–Trinajstić information content (AvgIpc) is 2.06. The Balaban J connectivity index is 3.10. The monoisotopic (exact) mass is 170 g/mol. The third kappa shape index (κ3) is 7.58. The maximum atomic E-state index is 11.1. The summed E-state index contributed by atoms with van der Waals surface area (Å²) in [4.78, 5) is 11.1. The van der Waals surface area contributed by atoms with E-state index in [0.29, 0.717) is 6.42 Å². The van der Waals surface area contributed by atoms with Crippen molar-refractivity contribution in [1.82, 2.24) is 5.32 Å². The molecule has 2 heteroatoms. The molecule has 0 saturated carbocycles. The van der Waals surface area contributed by atoms with Crippen LogP contribution in [0.5, 0.6) is 0 Å². The number of unbranched alkanes of at least 4 members (excludes halogenated alkanes) is 3. The van der Waals surface area contributed by atoms with Crippen LogP contribution in [-0.4, -0.2) is 12.5 Å². The van der Waals surface area contributed by atoms with Crippen molar-refractivity contribution < 1.29 is 4.79 Å². The molecule has 0 aliphatic carbocycles. The molecule has 1 N–H and O–H groups in total. The summed E-state index contributed by atoms with van der Waals surface area (Å²) >= 11 is 0. The topological polar surface area (TPSA) is 29.1 Å². The molecule has 0 fully saturated rings. The van der Waals surface area contributed by atoms with Gasteiger partial charge in [-0.25, -0.2) is 0 Å².